The standard InChI is InChI=1S/C43H35N2S.C17H22NSi.Ir/c1-43(2,3)30-22-25-37(36(26-30)27-12-5-4-6-13-27)45-38-24-21-28-14-7-9-16-31(28)39(38)44-42(45)35-19-11-18-33-34-23-20-29-15-8-10-17-32(29)40(34)46-41(33)35;1-13(2)15-11-16(14-9-7-6-8-10-14)18-12-17(15)19(3,4)5;/h4-7,9,11-14,16,18,20-26H,8,10,15,17H2,1-3H3;6-9,11-13H,1-5H3;/q2*-1;/i;13D;. The van der Waals surface area contributed by atoms with Gasteiger partial charge in [-0.15, -0.1) is 54.1 Å². The topological polar surface area (TPSA) is 30.7 Å². The molecule has 0 N–H and O–H groups in total. The van der Waals surface area contributed by atoms with E-state index < -0.39 is 14.0 Å². The summed E-state index contributed by atoms with van der Waals surface area (Å²) < 4.78 is 13.6. The van der Waals surface area contributed by atoms with Crippen molar-refractivity contribution in [2.45, 2.75) is 91.3 Å². The first kappa shape index (κ1) is 44.3. The summed E-state index contributed by atoms with van der Waals surface area (Å²) in [5.41, 5.74) is 14.2. The SMILES string of the molecule is CC(C)(C)c1ccc(-n2c(-c3[c-]ccc4c3sc3c5c(ccc34)CCCC5)nc3c4ccccc4ccc32)c(-c2ccccc2)c1.[2H]C(C)(C)c1cc(-c2[c-]cccc2)ncc1[Si](C)(C)C.[Ir]. The Bertz CT molecular complexity index is 3430. The van der Waals surface area contributed by atoms with E-state index in [1.54, 1.807) is 5.56 Å². The second-order valence-corrected chi connectivity index (χ2v) is 26.0. The van der Waals surface area contributed by atoms with Crippen molar-refractivity contribution in [3.63, 3.8) is 0 Å². The molecule has 7 aromatic carbocycles. The Balaban J connectivity index is 0.000000226. The molecular weight excluding hydrogens is 1020 g/mol. The van der Waals surface area contributed by atoms with Crippen molar-refractivity contribution in [3.8, 4) is 39.5 Å². The fourth-order valence-corrected chi connectivity index (χ4v) is 12.6. The van der Waals surface area contributed by atoms with Crippen LogP contribution in [-0.4, -0.2) is 22.6 Å². The normalized spacial score (nSPS) is 13.3. The van der Waals surface area contributed by atoms with Crippen molar-refractivity contribution < 1.29 is 21.5 Å². The van der Waals surface area contributed by atoms with Crippen molar-refractivity contribution in [1.82, 2.24) is 14.5 Å². The molecule has 1 radical (unpaired) electrons. The molecule has 0 atom stereocenters. The molecule has 0 fully saturated rings. The van der Waals surface area contributed by atoms with Crippen LogP contribution < -0.4 is 5.19 Å². The summed E-state index contributed by atoms with van der Waals surface area (Å²) in [6, 6.07) is 56.9. The van der Waals surface area contributed by atoms with Crippen LogP contribution in [0.15, 0.2) is 146 Å². The van der Waals surface area contributed by atoms with Crippen molar-refractivity contribution in [2.75, 3.05) is 0 Å². The molecule has 3 heterocycles. The Morgan fingerprint density at radius 3 is 2.26 bits per heavy atom. The van der Waals surface area contributed by atoms with Gasteiger partial charge in [-0.3, -0.25) is 4.98 Å². The van der Waals surface area contributed by atoms with Crippen LogP contribution in [0.5, 0.6) is 0 Å². The van der Waals surface area contributed by atoms with Gasteiger partial charge in [-0.1, -0.05) is 156 Å². The van der Waals surface area contributed by atoms with Gasteiger partial charge in [0, 0.05) is 49.0 Å². The second kappa shape index (κ2) is 18.3. The summed E-state index contributed by atoms with van der Waals surface area (Å²) in [5.74, 6) is 0.334. The number of aromatic nitrogens is 3. The molecule has 10 aromatic rings. The molecule has 0 bridgehead atoms. The molecule has 1 aliphatic rings. The van der Waals surface area contributed by atoms with E-state index in [0.29, 0.717) is 0 Å². The van der Waals surface area contributed by atoms with Gasteiger partial charge < -0.3 is 9.55 Å². The van der Waals surface area contributed by atoms with Crippen LogP contribution in [0, 0.1) is 12.1 Å². The largest absolute Gasteiger partial charge is 0.333 e. The first-order valence-electron chi connectivity index (χ1n) is 23.6. The van der Waals surface area contributed by atoms with Crippen LogP contribution in [0.4, 0.5) is 0 Å². The maximum absolute atomic E-state index is 8.44. The predicted molar refractivity (Wildman–Crippen MR) is 282 cm³/mol. The third kappa shape index (κ3) is 8.54. The van der Waals surface area contributed by atoms with Crippen LogP contribution in [0.25, 0.3) is 81.4 Å². The zero-order chi connectivity index (χ0) is 46.0. The second-order valence-electron chi connectivity index (χ2n) is 19.9. The summed E-state index contributed by atoms with van der Waals surface area (Å²) in [6.07, 6.45) is 6.90. The van der Waals surface area contributed by atoms with Gasteiger partial charge in [-0.25, -0.2) is 0 Å². The molecule has 1 aliphatic carbocycles. The molecule has 0 unspecified atom stereocenters. The molecule has 333 valence electrons. The predicted octanol–water partition coefficient (Wildman–Crippen LogP) is 16.1. The van der Waals surface area contributed by atoms with Gasteiger partial charge in [0.1, 0.15) is 0 Å². The molecule has 0 saturated heterocycles. The summed E-state index contributed by atoms with van der Waals surface area (Å²) in [5, 5.41) is 6.32. The number of fused-ring (bicyclic) bond motifs is 8. The molecule has 3 aromatic heterocycles. The molecular formula is C60H57IrN3SSi-2. The van der Waals surface area contributed by atoms with Crippen LogP contribution in [-0.2, 0) is 38.4 Å². The minimum Gasteiger partial charge on any atom is -0.333 e. The molecule has 11 rings (SSSR count). The molecule has 0 saturated carbocycles. The monoisotopic (exact) mass is 1070 g/mol. The number of imidazole rings is 1. The van der Waals surface area contributed by atoms with Crippen molar-refractivity contribution in [1.29, 1.82) is 0 Å². The van der Waals surface area contributed by atoms with Gasteiger partial charge in [-0.2, -0.15) is 11.3 Å². The fourth-order valence-electron chi connectivity index (χ4n) is 9.63. The van der Waals surface area contributed by atoms with E-state index in [1.165, 1.54) is 84.1 Å². The first-order chi connectivity index (χ1) is 31.6. The van der Waals surface area contributed by atoms with Gasteiger partial charge in [0.25, 0.3) is 0 Å². The molecule has 3 nitrogen and oxygen atoms in total. The molecule has 0 spiro atoms. The molecule has 6 heteroatoms. The number of aryl methyl sites for hydroxylation is 2. The van der Waals surface area contributed by atoms with E-state index in [0.717, 1.165) is 44.9 Å². The van der Waals surface area contributed by atoms with E-state index in [4.69, 9.17) is 6.35 Å². The van der Waals surface area contributed by atoms with E-state index in [-0.39, 0.29) is 25.5 Å². The number of pyridine rings is 1. The summed E-state index contributed by atoms with van der Waals surface area (Å²) in [7, 11) is -1.50. The van der Waals surface area contributed by atoms with Crippen LogP contribution in [0.1, 0.15) is 77.0 Å². The molecule has 0 aliphatic heterocycles. The fraction of sp³-hybridized carbons (Fsp3) is 0.233. The summed E-state index contributed by atoms with van der Waals surface area (Å²) in [6.45, 7) is 17.7. The smallest absolute Gasteiger partial charge is 0.0852 e. The van der Waals surface area contributed by atoms with Crippen molar-refractivity contribution >= 4 is 66.6 Å². The summed E-state index contributed by atoms with van der Waals surface area (Å²) in [4.78, 5) is 10.1. The Morgan fingerprint density at radius 1 is 0.742 bits per heavy atom. The maximum Gasteiger partial charge on any atom is 0.0852 e. The number of thiophene rings is 1. The minimum atomic E-state index is -1.50. The van der Waals surface area contributed by atoms with E-state index in [9.17, 15) is 0 Å². The van der Waals surface area contributed by atoms with Crippen LogP contribution >= 0.6 is 11.3 Å². The van der Waals surface area contributed by atoms with Gasteiger partial charge in [0.2, 0.25) is 0 Å². The van der Waals surface area contributed by atoms with Crippen LogP contribution in [0.2, 0.25) is 19.6 Å². The van der Waals surface area contributed by atoms with Gasteiger partial charge in [0.05, 0.1) is 24.9 Å². The minimum absolute atomic E-state index is 0. The third-order valence-corrected chi connectivity index (χ3v) is 16.4. The van der Waals surface area contributed by atoms with E-state index in [1.807, 2.05) is 55.6 Å². The van der Waals surface area contributed by atoms with Crippen molar-refractivity contribution in [3.05, 3.63) is 180 Å². The molecule has 66 heavy (non-hydrogen) atoms. The van der Waals surface area contributed by atoms with E-state index >= 15 is 0 Å². The zero-order valence-corrected chi connectivity index (χ0v) is 43.5. The Morgan fingerprint density at radius 2 is 1.50 bits per heavy atom. The maximum atomic E-state index is 8.44. The van der Waals surface area contributed by atoms with Crippen molar-refractivity contribution in [2.24, 2.45) is 0 Å². The first-order valence-corrected chi connectivity index (χ1v) is 27.4. The van der Waals surface area contributed by atoms with Crippen LogP contribution in [0.3, 0.4) is 0 Å². The zero-order valence-electron chi connectivity index (χ0n) is 40.3. The Labute approximate surface area is 410 Å². The van der Waals surface area contributed by atoms with Gasteiger partial charge in [0.15, 0.2) is 0 Å². The number of hydrogen-bond acceptors (Lipinski definition) is 3. The quantitative estimate of drug-likeness (QED) is 0.123. The summed E-state index contributed by atoms with van der Waals surface area (Å²) >= 11 is 1.94. The number of rotatable bonds is 6. The average molecular weight is 1070 g/mol. The van der Waals surface area contributed by atoms with Gasteiger partial charge in [-0.05, 0) is 104 Å². The van der Waals surface area contributed by atoms with Gasteiger partial charge >= 0.3 is 0 Å². The number of nitrogens with zero attached hydrogens (tertiary/aromatic N) is 3. The average Bonchev–Trinajstić information content (AvgIpc) is 3.91. The number of hydrogen-bond donors (Lipinski definition) is 0. The third-order valence-electron chi connectivity index (χ3n) is 13.1. The Hall–Kier alpha value is -5.49. The molecule has 0 amide bonds. The number of benzene rings is 7. The van der Waals surface area contributed by atoms with E-state index in [2.05, 4.69) is 177 Å². The Kier molecular flexibility index (Phi) is 12.3.